The van der Waals surface area contributed by atoms with Gasteiger partial charge in [0.15, 0.2) is 0 Å². The maximum atomic E-state index is 12.7. The van der Waals surface area contributed by atoms with Gasteiger partial charge < -0.3 is 9.80 Å². The maximum absolute atomic E-state index is 12.7. The molecule has 29 heavy (non-hydrogen) atoms. The first-order chi connectivity index (χ1) is 14.1. The van der Waals surface area contributed by atoms with Gasteiger partial charge in [0.25, 0.3) is 0 Å². The fourth-order valence-corrected chi connectivity index (χ4v) is 4.92. The Labute approximate surface area is 172 Å². The van der Waals surface area contributed by atoms with E-state index in [1.54, 1.807) is 12.3 Å². The van der Waals surface area contributed by atoms with Crippen LogP contribution in [0.15, 0.2) is 48.0 Å². The average molecular weight is 414 g/mol. The fraction of sp³-hybridized carbons (Fsp3) is 0.429. The van der Waals surface area contributed by atoms with E-state index in [4.69, 9.17) is 4.98 Å². The van der Waals surface area contributed by atoms with Gasteiger partial charge in [-0.05, 0) is 37.0 Å². The van der Waals surface area contributed by atoms with E-state index >= 15 is 0 Å². The lowest BCUT2D eigenvalue weighted by Crippen LogP contribution is -2.48. The van der Waals surface area contributed by atoms with E-state index in [9.17, 15) is 8.42 Å². The van der Waals surface area contributed by atoms with Crippen LogP contribution in [0.4, 0.5) is 11.8 Å². The summed E-state index contributed by atoms with van der Waals surface area (Å²) < 4.78 is 26.8. The van der Waals surface area contributed by atoms with Gasteiger partial charge in [-0.3, -0.25) is 0 Å². The molecule has 2 saturated heterocycles. The molecule has 0 aliphatic carbocycles. The van der Waals surface area contributed by atoms with Crippen molar-refractivity contribution in [2.45, 2.75) is 19.3 Å². The molecule has 2 aliphatic rings. The largest absolute Gasteiger partial charge is 0.354 e. The number of hydrogen-bond donors (Lipinski definition) is 0. The third-order valence-corrected chi connectivity index (χ3v) is 6.99. The first kappa shape index (κ1) is 19.8. The molecule has 1 aromatic carbocycles. The number of hydrogen-bond acceptors (Lipinski definition) is 6. The lowest BCUT2D eigenvalue weighted by atomic mass is 10.1. The number of piperazine rings is 1. The van der Waals surface area contributed by atoms with Crippen molar-refractivity contribution in [2.75, 3.05) is 49.1 Å². The summed E-state index contributed by atoms with van der Waals surface area (Å²) in [6.07, 6.45) is 7.08. The van der Waals surface area contributed by atoms with E-state index in [0.29, 0.717) is 26.2 Å². The number of anilines is 2. The van der Waals surface area contributed by atoms with Gasteiger partial charge in [-0.25, -0.2) is 13.4 Å². The molecule has 0 bridgehead atoms. The maximum Gasteiger partial charge on any atom is 0.236 e. The second-order valence-electron chi connectivity index (χ2n) is 7.41. The van der Waals surface area contributed by atoms with Gasteiger partial charge in [-0.2, -0.15) is 9.29 Å². The number of aromatic nitrogens is 2. The van der Waals surface area contributed by atoms with Crippen molar-refractivity contribution in [3.63, 3.8) is 0 Å². The predicted octanol–water partition coefficient (Wildman–Crippen LogP) is 2.59. The summed E-state index contributed by atoms with van der Waals surface area (Å²) >= 11 is 0. The van der Waals surface area contributed by atoms with Crippen LogP contribution < -0.4 is 9.80 Å². The topological polar surface area (TPSA) is 69.6 Å². The standard InChI is InChI=1S/C21H27N5O2S/c27-29(28,18-10-19-7-3-1-4-8-19)26-16-14-24(15-17-26)20-9-11-22-21(23-20)25-12-5-2-6-13-25/h1,3-4,7-11,18H,2,5-6,12-17H2/b18-10+. The molecule has 2 aliphatic heterocycles. The SMILES string of the molecule is O=S(=O)(/C=C/c1ccccc1)N1CCN(c2ccnc(N3CCCCC3)n2)CC1. The van der Waals surface area contributed by atoms with Gasteiger partial charge >= 0.3 is 0 Å². The highest BCUT2D eigenvalue weighted by Crippen LogP contribution is 2.21. The van der Waals surface area contributed by atoms with Crippen molar-refractivity contribution in [1.82, 2.24) is 14.3 Å². The Balaban J connectivity index is 1.38. The third kappa shape index (κ3) is 4.94. The molecule has 0 atom stereocenters. The van der Waals surface area contributed by atoms with Gasteiger partial charge in [0.2, 0.25) is 16.0 Å². The summed E-state index contributed by atoms with van der Waals surface area (Å²) in [5, 5.41) is 1.30. The van der Waals surface area contributed by atoms with Crippen LogP contribution in [0, 0.1) is 0 Å². The predicted molar refractivity (Wildman–Crippen MR) is 116 cm³/mol. The Morgan fingerprint density at radius 2 is 1.55 bits per heavy atom. The van der Waals surface area contributed by atoms with Crippen molar-refractivity contribution < 1.29 is 8.42 Å². The molecule has 8 heteroatoms. The molecule has 0 saturated carbocycles. The minimum Gasteiger partial charge on any atom is -0.354 e. The minimum atomic E-state index is -3.43. The number of rotatable bonds is 5. The molecule has 0 radical (unpaired) electrons. The summed E-state index contributed by atoms with van der Waals surface area (Å²) in [6.45, 7) is 4.14. The number of nitrogens with zero attached hydrogens (tertiary/aromatic N) is 5. The Morgan fingerprint density at radius 1 is 0.828 bits per heavy atom. The van der Waals surface area contributed by atoms with Crippen LogP contribution in [0.2, 0.25) is 0 Å². The molecule has 3 heterocycles. The highest BCUT2D eigenvalue weighted by Gasteiger charge is 2.26. The average Bonchev–Trinajstić information content (AvgIpc) is 2.79. The third-order valence-electron chi connectivity index (χ3n) is 5.42. The van der Waals surface area contributed by atoms with Gasteiger partial charge in [0.05, 0.1) is 0 Å². The number of sulfonamides is 1. The Kier molecular flexibility index (Phi) is 6.10. The second-order valence-corrected chi connectivity index (χ2v) is 9.23. The Bertz CT molecular complexity index is 935. The van der Waals surface area contributed by atoms with Crippen molar-refractivity contribution >= 4 is 27.9 Å². The first-order valence-electron chi connectivity index (χ1n) is 10.2. The zero-order chi connectivity index (χ0) is 20.1. The fourth-order valence-electron chi connectivity index (χ4n) is 3.75. The van der Waals surface area contributed by atoms with Gasteiger partial charge in [-0.15, -0.1) is 0 Å². The van der Waals surface area contributed by atoms with E-state index < -0.39 is 10.0 Å². The highest BCUT2D eigenvalue weighted by molar-refractivity contribution is 7.92. The highest BCUT2D eigenvalue weighted by atomic mass is 32.2. The summed E-state index contributed by atoms with van der Waals surface area (Å²) in [5.74, 6) is 1.65. The molecule has 2 fully saturated rings. The molecule has 0 unspecified atom stereocenters. The molecule has 0 spiro atoms. The molecule has 154 valence electrons. The van der Waals surface area contributed by atoms with Crippen molar-refractivity contribution in [1.29, 1.82) is 0 Å². The molecule has 0 N–H and O–H groups in total. The van der Waals surface area contributed by atoms with Crippen LogP contribution in [-0.2, 0) is 10.0 Å². The normalized spacial score (nSPS) is 19.0. The number of benzene rings is 1. The van der Waals surface area contributed by atoms with E-state index in [1.807, 2.05) is 36.4 Å². The van der Waals surface area contributed by atoms with E-state index in [-0.39, 0.29) is 0 Å². The summed E-state index contributed by atoms with van der Waals surface area (Å²) in [6, 6.07) is 11.4. The summed E-state index contributed by atoms with van der Waals surface area (Å²) in [7, 11) is -3.43. The van der Waals surface area contributed by atoms with Crippen LogP contribution in [0.1, 0.15) is 24.8 Å². The van der Waals surface area contributed by atoms with Crippen LogP contribution in [0.5, 0.6) is 0 Å². The zero-order valence-corrected chi connectivity index (χ0v) is 17.3. The van der Waals surface area contributed by atoms with Gasteiger partial charge in [0, 0.05) is 50.9 Å². The van der Waals surface area contributed by atoms with Crippen molar-refractivity contribution in [3.05, 3.63) is 53.6 Å². The van der Waals surface area contributed by atoms with E-state index in [2.05, 4.69) is 14.8 Å². The molecule has 4 rings (SSSR count). The lowest BCUT2D eigenvalue weighted by molar-refractivity contribution is 0.389. The lowest BCUT2D eigenvalue weighted by Gasteiger charge is -2.34. The van der Waals surface area contributed by atoms with Crippen LogP contribution >= 0.6 is 0 Å². The monoisotopic (exact) mass is 413 g/mol. The Hall–Kier alpha value is -2.45. The Morgan fingerprint density at radius 3 is 2.28 bits per heavy atom. The molecule has 0 amide bonds. The van der Waals surface area contributed by atoms with Crippen molar-refractivity contribution in [2.24, 2.45) is 0 Å². The van der Waals surface area contributed by atoms with E-state index in [0.717, 1.165) is 30.4 Å². The van der Waals surface area contributed by atoms with Crippen LogP contribution in [-0.4, -0.2) is 62.0 Å². The molecular formula is C21H27N5O2S. The zero-order valence-electron chi connectivity index (χ0n) is 16.5. The minimum absolute atomic E-state index is 0.449. The molecule has 2 aromatic rings. The van der Waals surface area contributed by atoms with Crippen molar-refractivity contribution in [3.8, 4) is 0 Å². The van der Waals surface area contributed by atoms with E-state index in [1.165, 1.54) is 29.0 Å². The van der Waals surface area contributed by atoms with Gasteiger partial charge in [-0.1, -0.05) is 30.3 Å². The first-order valence-corrected chi connectivity index (χ1v) is 11.7. The second kappa shape index (κ2) is 8.92. The quantitative estimate of drug-likeness (QED) is 0.750. The summed E-state index contributed by atoms with van der Waals surface area (Å²) in [5.41, 5.74) is 0.876. The van der Waals surface area contributed by atoms with Crippen LogP contribution in [0.3, 0.4) is 0 Å². The van der Waals surface area contributed by atoms with Gasteiger partial charge in [0.1, 0.15) is 5.82 Å². The molecule has 7 nitrogen and oxygen atoms in total. The molecule has 1 aromatic heterocycles. The number of piperidine rings is 1. The van der Waals surface area contributed by atoms with Crippen LogP contribution in [0.25, 0.3) is 6.08 Å². The molecular weight excluding hydrogens is 386 g/mol. The smallest absolute Gasteiger partial charge is 0.236 e. The summed E-state index contributed by atoms with van der Waals surface area (Å²) in [4.78, 5) is 13.6.